The Labute approximate surface area is 127 Å². The Morgan fingerprint density at radius 3 is 2.62 bits per heavy atom. The van der Waals surface area contributed by atoms with E-state index < -0.39 is 5.60 Å². The SMILES string of the molecule is COC[C@@H](C)NC(=O)[C@@H]1CCCN(C(=O)OC(C)(C)C)C1. The lowest BCUT2D eigenvalue weighted by molar-refractivity contribution is -0.127. The Bertz CT molecular complexity index is 365. The van der Waals surface area contributed by atoms with E-state index >= 15 is 0 Å². The Kier molecular flexibility index (Phi) is 6.45. The van der Waals surface area contributed by atoms with Crippen molar-refractivity contribution < 1.29 is 19.1 Å². The van der Waals surface area contributed by atoms with Crippen LogP contribution in [0.15, 0.2) is 0 Å². The summed E-state index contributed by atoms with van der Waals surface area (Å²) in [4.78, 5) is 25.9. The second kappa shape index (κ2) is 7.64. The van der Waals surface area contributed by atoms with Crippen molar-refractivity contribution in [3.05, 3.63) is 0 Å². The minimum absolute atomic E-state index is 0.0205. The van der Waals surface area contributed by atoms with Gasteiger partial charge in [0.05, 0.1) is 12.5 Å². The Morgan fingerprint density at radius 1 is 1.38 bits per heavy atom. The third kappa shape index (κ3) is 6.33. The van der Waals surface area contributed by atoms with Crippen LogP contribution in [0.5, 0.6) is 0 Å². The number of likely N-dealkylation sites (tertiary alicyclic amines) is 1. The van der Waals surface area contributed by atoms with Gasteiger partial charge in [-0.25, -0.2) is 4.79 Å². The van der Waals surface area contributed by atoms with Crippen LogP contribution in [-0.4, -0.2) is 55.3 Å². The molecule has 1 rings (SSSR count). The fourth-order valence-electron chi connectivity index (χ4n) is 2.34. The number of piperidine rings is 1. The maximum Gasteiger partial charge on any atom is 0.410 e. The van der Waals surface area contributed by atoms with Crippen LogP contribution >= 0.6 is 0 Å². The second-order valence-corrected chi connectivity index (χ2v) is 6.63. The number of hydrogen-bond donors (Lipinski definition) is 1. The molecule has 2 amide bonds. The predicted octanol–water partition coefficient (Wildman–Crippen LogP) is 1.78. The van der Waals surface area contributed by atoms with E-state index in [-0.39, 0.29) is 24.0 Å². The molecule has 1 aliphatic heterocycles. The second-order valence-electron chi connectivity index (χ2n) is 6.63. The molecule has 1 fully saturated rings. The molecule has 6 nitrogen and oxygen atoms in total. The molecule has 1 heterocycles. The van der Waals surface area contributed by atoms with Crippen LogP contribution in [0.1, 0.15) is 40.5 Å². The monoisotopic (exact) mass is 300 g/mol. The highest BCUT2D eigenvalue weighted by molar-refractivity contribution is 5.80. The average Bonchev–Trinajstić information content (AvgIpc) is 2.37. The van der Waals surface area contributed by atoms with Crippen molar-refractivity contribution in [2.24, 2.45) is 5.92 Å². The normalized spacial score (nSPS) is 20.8. The highest BCUT2D eigenvalue weighted by atomic mass is 16.6. The smallest absolute Gasteiger partial charge is 0.410 e. The minimum Gasteiger partial charge on any atom is -0.444 e. The first kappa shape index (κ1) is 17.8. The standard InChI is InChI=1S/C15H28N2O4/c1-11(10-20-5)16-13(18)12-7-6-8-17(9-12)14(19)21-15(2,3)4/h11-12H,6-10H2,1-5H3,(H,16,18)/t11-,12-/m1/s1. The van der Waals surface area contributed by atoms with Crippen LogP contribution in [0.2, 0.25) is 0 Å². The number of nitrogens with one attached hydrogen (secondary N) is 1. The molecule has 122 valence electrons. The van der Waals surface area contributed by atoms with Crippen molar-refractivity contribution in [1.29, 1.82) is 0 Å². The van der Waals surface area contributed by atoms with E-state index in [0.717, 1.165) is 12.8 Å². The van der Waals surface area contributed by atoms with Gasteiger partial charge in [0.25, 0.3) is 0 Å². The number of amides is 2. The van der Waals surface area contributed by atoms with Gasteiger partial charge in [-0.3, -0.25) is 4.79 Å². The van der Waals surface area contributed by atoms with Crippen molar-refractivity contribution in [3.63, 3.8) is 0 Å². The van der Waals surface area contributed by atoms with Gasteiger partial charge in [0, 0.05) is 26.2 Å². The molecule has 0 aromatic rings. The Balaban J connectivity index is 2.51. The molecule has 1 saturated heterocycles. The summed E-state index contributed by atoms with van der Waals surface area (Å²) in [7, 11) is 1.60. The largest absolute Gasteiger partial charge is 0.444 e. The summed E-state index contributed by atoms with van der Waals surface area (Å²) in [6, 6.07) is -0.0283. The molecule has 21 heavy (non-hydrogen) atoms. The lowest BCUT2D eigenvalue weighted by atomic mass is 9.97. The van der Waals surface area contributed by atoms with Crippen molar-refractivity contribution in [1.82, 2.24) is 10.2 Å². The third-order valence-electron chi connectivity index (χ3n) is 3.25. The predicted molar refractivity (Wildman–Crippen MR) is 80.0 cm³/mol. The summed E-state index contributed by atoms with van der Waals surface area (Å²) in [5.74, 6) is -0.196. The quantitative estimate of drug-likeness (QED) is 0.859. The van der Waals surface area contributed by atoms with E-state index in [1.807, 2.05) is 27.7 Å². The van der Waals surface area contributed by atoms with Crippen LogP contribution < -0.4 is 5.32 Å². The summed E-state index contributed by atoms with van der Waals surface area (Å²) in [6.45, 7) is 8.96. The number of methoxy groups -OCH3 is 1. The van der Waals surface area contributed by atoms with Crippen LogP contribution in [0, 0.1) is 5.92 Å². The van der Waals surface area contributed by atoms with Crippen LogP contribution in [0.4, 0.5) is 4.79 Å². The molecule has 0 aliphatic carbocycles. The molecule has 0 aromatic heterocycles. The average molecular weight is 300 g/mol. The van der Waals surface area contributed by atoms with Gasteiger partial charge in [0.2, 0.25) is 5.91 Å². The van der Waals surface area contributed by atoms with Crippen LogP contribution in [0.3, 0.4) is 0 Å². The summed E-state index contributed by atoms with van der Waals surface area (Å²) in [5.41, 5.74) is -0.515. The first-order valence-electron chi connectivity index (χ1n) is 7.50. The van der Waals surface area contributed by atoms with Crippen molar-refractivity contribution in [2.45, 2.75) is 52.2 Å². The van der Waals surface area contributed by atoms with Gasteiger partial charge in [-0.2, -0.15) is 0 Å². The maximum absolute atomic E-state index is 12.2. The lowest BCUT2D eigenvalue weighted by Crippen LogP contribution is -2.48. The summed E-state index contributed by atoms with van der Waals surface area (Å²) >= 11 is 0. The molecule has 0 unspecified atom stereocenters. The molecular formula is C15H28N2O4. The number of ether oxygens (including phenoxy) is 2. The minimum atomic E-state index is -0.515. The molecule has 0 radical (unpaired) electrons. The fourth-order valence-corrected chi connectivity index (χ4v) is 2.34. The first-order valence-corrected chi connectivity index (χ1v) is 7.50. The van der Waals surface area contributed by atoms with Crippen LogP contribution in [-0.2, 0) is 14.3 Å². The zero-order chi connectivity index (χ0) is 16.0. The number of carbonyl (C=O) groups is 2. The lowest BCUT2D eigenvalue weighted by Gasteiger charge is -2.33. The molecule has 0 bridgehead atoms. The van der Waals surface area contributed by atoms with E-state index in [4.69, 9.17) is 9.47 Å². The third-order valence-corrected chi connectivity index (χ3v) is 3.25. The summed E-state index contributed by atoms with van der Waals surface area (Å²) in [6.07, 6.45) is 1.27. The summed E-state index contributed by atoms with van der Waals surface area (Å²) in [5, 5.41) is 2.92. The fraction of sp³-hybridized carbons (Fsp3) is 0.867. The number of hydrogen-bond acceptors (Lipinski definition) is 4. The van der Waals surface area contributed by atoms with Gasteiger partial charge < -0.3 is 19.7 Å². The highest BCUT2D eigenvalue weighted by Gasteiger charge is 2.31. The molecule has 6 heteroatoms. The molecule has 1 aliphatic rings. The summed E-state index contributed by atoms with van der Waals surface area (Å²) < 4.78 is 10.4. The molecule has 1 N–H and O–H groups in total. The molecule has 0 aromatic carbocycles. The van der Waals surface area contributed by atoms with Gasteiger partial charge in [0.1, 0.15) is 5.60 Å². The van der Waals surface area contributed by atoms with Crippen molar-refractivity contribution in [3.8, 4) is 0 Å². The van der Waals surface area contributed by atoms with Crippen molar-refractivity contribution in [2.75, 3.05) is 26.8 Å². The van der Waals surface area contributed by atoms with Gasteiger partial charge in [-0.1, -0.05) is 0 Å². The van der Waals surface area contributed by atoms with Gasteiger partial charge >= 0.3 is 6.09 Å². The molecular weight excluding hydrogens is 272 g/mol. The zero-order valence-electron chi connectivity index (χ0n) is 13.8. The van der Waals surface area contributed by atoms with E-state index in [0.29, 0.717) is 19.7 Å². The number of rotatable bonds is 4. The van der Waals surface area contributed by atoms with Crippen molar-refractivity contribution >= 4 is 12.0 Å². The maximum atomic E-state index is 12.2. The zero-order valence-corrected chi connectivity index (χ0v) is 13.8. The van der Waals surface area contributed by atoms with E-state index in [1.165, 1.54) is 0 Å². The molecule has 0 spiro atoms. The highest BCUT2D eigenvalue weighted by Crippen LogP contribution is 2.19. The van der Waals surface area contributed by atoms with Gasteiger partial charge in [-0.05, 0) is 40.5 Å². The molecule has 0 saturated carbocycles. The Morgan fingerprint density at radius 2 is 2.05 bits per heavy atom. The van der Waals surface area contributed by atoms with Gasteiger partial charge in [0.15, 0.2) is 0 Å². The Hall–Kier alpha value is -1.30. The number of carbonyl (C=O) groups excluding carboxylic acids is 2. The van der Waals surface area contributed by atoms with Crippen LogP contribution in [0.25, 0.3) is 0 Å². The van der Waals surface area contributed by atoms with E-state index in [1.54, 1.807) is 12.0 Å². The van der Waals surface area contributed by atoms with Gasteiger partial charge in [-0.15, -0.1) is 0 Å². The van der Waals surface area contributed by atoms with E-state index in [2.05, 4.69) is 5.32 Å². The first-order chi connectivity index (χ1) is 9.73. The van der Waals surface area contributed by atoms with E-state index in [9.17, 15) is 9.59 Å². The molecule has 2 atom stereocenters. The topological polar surface area (TPSA) is 67.9 Å². The number of nitrogens with zero attached hydrogens (tertiary/aromatic N) is 1.